The number of aliphatic carboxylic acids is 1. The third kappa shape index (κ3) is 2.59. The minimum absolute atomic E-state index is 0.0229. The summed E-state index contributed by atoms with van der Waals surface area (Å²) in [5.74, 6) is -0.840. The molecule has 0 saturated heterocycles. The first-order valence-electron chi connectivity index (χ1n) is 5.73. The molecule has 1 aromatic carbocycles. The van der Waals surface area contributed by atoms with Gasteiger partial charge >= 0.3 is 5.97 Å². The molecule has 0 radical (unpaired) electrons. The van der Waals surface area contributed by atoms with Gasteiger partial charge in [-0.15, -0.1) is 5.10 Å². The summed E-state index contributed by atoms with van der Waals surface area (Å²) in [6, 6.07) is 7.32. The number of rotatable bonds is 4. The van der Waals surface area contributed by atoms with Crippen molar-refractivity contribution in [2.45, 2.75) is 16.3 Å². The van der Waals surface area contributed by atoms with E-state index in [1.807, 2.05) is 12.1 Å². The summed E-state index contributed by atoms with van der Waals surface area (Å²) in [6.45, 7) is 0. The van der Waals surface area contributed by atoms with Crippen LogP contribution in [0.5, 0.6) is 0 Å². The van der Waals surface area contributed by atoms with Crippen molar-refractivity contribution < 1.29 is 9.90 Å². The van der Waals surface area contributed by atoms with Crippen molar-refractivity contribution in [3.05, 3.63) is 42.2 Å². The lowest BCUT2D eigenvalue weighted by molar-refractivity contribution is -0.136. The Hall–Kier alpha value is -2.48. The van der Waals surface area contributed by atoms with Gasteiger partial charge in [-0.25, -0.2) is 0 Å². The lowest BCUT2D eigenvalue weighted by atomic mass is 10.2. The van der Waals surface area contributed by atoms with Gasteiger partial charge in [-0.2, -0.15) is 4.52 Å². The average molecular weight is 287 g/mol. The van der Waals surface area contributed by atoms with E-state index in [0.717, 1.165) is 15.5 Å². The quantitative estimate of drug-likeness (QED) is 0.772. The van der Waals surface area contributed by atoms with Crippen LogP contribution in [0.25, 0.3) is 5.65 Å². The highest BCUT2D eigenvalue weighted by atomic mass is 32.2. The maximum Gasteiger partial charge on any atom is 0.307 e. The molecule has 8 heteroatoms. The van der Waals surface area contributed by atoms with E-state index >= 15 is 0 Å². The molecule has 2 heterocycles. The van der Waals surface area contributed by atoms with E-state index < -0.39 is 5.97 Å². The predicted octanol–water partition coefficient (Wildman–Crippen LogP) is 1.30. The molecule has 1 N–H and O–H groups in total. The van der Waals surface area contributed by atoms with Crippen LogP contribution in [0, 0.1) is 0 Å². The molecule has 0 saturated carbocycles. The summed E-state index contributed by atoms with van der Waals surface area (Å²) in [4.78, 5) is 15.7. The van der Waals surface area contributed by atoms with Gasteiger partial charge in [0.05, 0.1) is 18.8 Å². The fraction of sp³-hybridized carbons (Fsp3) is 0.0833. The molecule has 0 aliphatic heterocycles. The molecule has 0 unspecified atom stereocenters. The molecule has 100 valence electrons. The topological polar surface area (TPSA) is 93.3 Å². The van der Waals surface area contributed by atoms with E-state index in [0.29, 0.717) is 5.65 Å². The monoisotopic (exact) mass is 287 g/mol. The molecule has 7 nitrogen and oxygen atoms in total. The number of fused-ring (bicyclic) bond motifs is 1. The second-order valence-electron chi connectivity index (χ2n) is 4.01. The molecule has 0 atom stereocenters. The Balaban J connectivity index is 1.84. The third-order valence-corrected chi connectivity index (χ3v) is 3.57. The van der Waals surface area contributed by atoms with Gasteiger partial charge in [0, 0.05) is 4.90 Å². The zero-order valence-electron chi connectivity index (χ0n) is 10.2. The molecule has 0 spiro atoms. The second-order valence-corrected chi connectivity index (χ2v) is 5.10. The molecule has 0 aliphatic carbocycles. The van der Waals surface area contributed by atoms with Gasteiger partial charge in [-0.1, -0.05) is 23.9 Å². The van der Waals surface area contributed by atoms with Crippen LogP contribution < -0.4 is 0 Å². The lowest BCUT2D eigenvalue weighted by Crippen LogP contribution is -1.99. The minimum Gasteiger partial charge on any atom is -0.481 e. The molecule has 0 aliphatic rings. The van der Waals surface area contributed by atoms with Crippen molar-refractivity contribution in [2.24, 2.45) is 0 Å². The van der Waals surface area contributed by atoms with Crippen LogP contribution in [-0.4, -0.2) is 36.1 Å². The van der Waals surface area contributed by atoms with Crippen LogP contribution >= 0.6 is 11.8 Å². The predicted molar refractivity (Wildman–Crippen MR) is 70.5 cm³/mol. The molecule has 0 amide bonds. The number of benzene rings is 1. The fourth-order valence-electron chi connectivity index (χ4n) is 1.69. The highest BCUT2D eigenvalue weighted by molar-refractivity contribution is 7.99. The van der Waals surface area contributed by atoms with Crippen molar-refractivity contribution in [2.75, 3.05) is 0 Å². The molecule has 20 heavy (non-hydrogen) atoms. The lowest BCUT2D eigenvalue weighted by Gasteiger charge is -2.03. The molecule has 0 fully saturated rings. The number of carboxylic acid groups (broad SMARTS) is 1. The van der Waals surface area contributed by atoms with Gasteiger partial charge < -0.3 is 5.11 Å². The second kappa shape index (κ2) is 5.25. The number of hydrogen-bond donors (Lipinski definition) is 1. The van der Waals surface area contributed by atoms with Gasteiger partial charge in [-0.3, -0.25) is 9.78 Å². The number of hydrogen-bond acceptors (Lipinski definition) is 6. The first-order chi connectivity index (χ1) is 9.72. The standard InChI is InChI=1S/C12H9N5O2S/c18-12(19)5-8-1-3-9(4-2-8)20-11-7-13-6-10-14-15-16-17(10)11/h1-4,6-7H,5H2,(H,18,19). The zero-order valence-corrected chi connectivity index (χ0v) is 11.0. The minimum atomic E-state index is -0.840. The van der Waals surface area contributed by atoms with Crippen LogP contribution in [0.1, 0.15) is 5.56 Å². The van der Waals surface area contributed by atoms with E-state index in [2.05, 4.69) is 20.5 Å². The number of aromatic nitrogens is 5. The van der Waals surface area contributed by atoms with E-state index in [9.17, 15) is 4.79 Å². The average Bonchev–Trinajstić information content (AvgIpc) is 2.90. The first-order valence-corrected chi connectivity index (χ1v) is 6.55. The van der Waals surface area contributed by atoms with Crippen molar-refractivity contribution in [1.29, 1.82) is 0 Å². The fourth-order valence-corrected chi connectivity index (χ4v) is 2.54. The Bertz CT molecular complexity index is 756. The number of nitrogens with zero attached hydrogens (tertiary/aromatic N) is 5. The summed E-state index contributed by atoms with van der Waals surface area (Å²) >= 11 is 1.46. The Kier molecular flexibility index (Phi) is 3.30. The summed E-state index contributed by atoms with van der Waals surface area (Å²) in [6.07, 6.45) is 3.29. The molecule has 2 aromatic heterocycles. The highest BCUT2D eigenvalue weighted by Gasteiger charge is 2.06. The van der Waals surface area contributed by atoms with Gasteiger partial charge in [0.25, 0.3) is 0 Å². The number of carbonyl (C=O) groups is 1. The molecule has 3 rings (SSSR count). The van der Waals surface area contributed by atoms with Crippen LogP contribution in [0.3, 0.4) is 0 Å². The Labute approximate surface area is 117 Å². The molecular formula is C12H9N5O2S. The summed E-state index contributed by atoms with van der Waals surface area (Å²) in [5, 5.41) is 20.8. The van der Waals surface area contributed by atoms with E-state index in [4.69, 9.17) is 5.11 Å². The van der Waals surface area contributed by atoms with E-state index in [1.165, 1.54) is 11.8 Å². The van der Waals surface area contributed by atoms with E-state index in [1.54, 1.807) is 29.0 Å². The van der Waals surface area contributed by atoms with Crippen molar-refractivity contribution in [3.8, 4) is 0 Å². The smallest absolute Gasteiger partial charge is 0.307 e. The molecule has 0 bridgehead atoms. The van der Waals surface area contributed by atoms with Crippen LogP contribution in [0.4, 0.5) is 0 Å². The zero-order chi connectivity index (χ0) is 13.9. The SMILES string of the molecule is O=C(O)Cc1ccc(Sc2cncc3nnnn23)cc1. The largest absolute Gasteiger partial charge is 0.481 e. The normalized spacial score (nSPS) is 10.8. The summed E-state index contributed by atoms with van der Waals surface area (Å²) in [7, 11) is 0. The van der Waals surface area contributed by atoms with Gasteiger partial charge in [0.15, 0.2) is 5.65 Å². The number of tetrazole rings is 1. The third-order valence-electron chi connectivity index (χ3n) is 2.58. The van der Waals surface area contributed by atoms with Crippen molar-refractivity contribution >= 4 is 23.4 Å². The molecule has 3 aromatic rings. The Morgan fingerprint density at radius 3 is 2.80 bits per heavy atom. The van der Waals surface area contributed by atoms with Gasteiger partial charge in [0.2, 0.25) is 0 Å². The highest BCUT2D eigenvalue weighted by Crippen LogP contribution is 2.26. The summed E-state index contributed by atoms with van der Waals surface area (Å²) in [5.41, 5.74) is 1.35. The number of carboxylic acids is 1. The van der Waals surface area contributed by atoms with E-state index in [-0.39, 0.29) is 6.42 Å². The Morgan fingerprint density at radius 1 is 1.25 bits per heavy atom. The van der Waals surface area contributed by atoms with Crippen LogP contribution in [0.15, 0.2) is 46.6 Å². The maximum atomic E-state index is 10.6. The maximum absolute atomic E-state index is 10.6. The van der Waals surface area contributed by atoms with Gasteiger partial charge in [0.1, 0.15) is 5.03 Å². The molecular weight excluding hydrogens is 278 g/mol. The summed E-state index contributed by atoms with van der Waals surface area (Å²) < 4.78 is 1.60. The van der Waals surface area contributed by atoms with Crippen LogP contribution in [-0.2, 0) is 11.2 Å². The van der Waals surface area contributed by atoms with Crippen molar-refractivity contribution in [3.63, 3.8) is 0 Å². The Morgan fingerprint density at radius 2 is 2.05 bits per heavy atom. The van der Waals surface area contributed by atoms with Crippen molar-refractivity contribution in [1.82, 2.24) is 25.0 Å². The van der Waals surface area contributed by atoms with Gasteiger partial charge in [-0.05, 0) is 28.1 Å². The first kappa shape index (κ1) is 12.5. The van der Waals surface area contributed by atoms with Crippen LogP contribution in [0.2, 0.25) is 0 Å².